The molecule has 0 aliphatic carbocycles. The molecule has 1 aromatic rings. The van der Waals surface area contributed by atoms with E-state index < -0.39 is 0 Å². The Labute approximate surface area is 112 Å². The zero-order valence-electron chi connectivity index (χ0n) is 10.6. The van der Waals surface area contributed by atoms with Crippen molar-refractivity contribution in [3.63, 3.8) is 0 Å². The van der Waals surface area contributed by atoms with Crippen molar-refractivity contribution in [1.82, 2.24) is 4.90 Å². The van der Waals surface area contributed by atoms with E-state index in [1.165, 1.54) is 6.07 Å². The van der Waals surface area contributed by atoms with Crippen LogP contribution in [0.25, 0.3) is 0 Å². The van der Waals surface area contributed by atoms with Crippen LogP contribution in [0.5, 0.6) is 0 Å². The molecule has 0 amide bonds. The molecule has 4 heteroatoms. The van der Waals surface area contributed by atoms with Crippen molar-refractivity contribution in [2.75, 3.05) is 13.1 Å². The molecule has 0 spiro atoms. The number of halogens is 2. The Bertz CT molecular complexity index is 403. The smallest absolute Gasteiger partial charge is 0.142 e. The molecule has 18 heavy (non-hydrogen) atoms. The molecule has 1 atom stereocenters. The molecule has 0 saturated carbocycles. The van der Waals surface area contributed by atoms with E-state index in [1.807, 2.05) is 13.0 Å². The van der Waals surface area contributed by atoms with Gasteiger partial charge in [0.15, 0.2) is 0 Å². The fourth-order valence-electron chi connectivity index (χ4n) is 2.49. The Morgan fingerprint density at radius 3 is 2.67 bits per heavy atom. The monoisotopic (exact) mass is 271 g/mol. The van der Waals surface area contributed by atoms with Crippen molar-refractivity contribution < 1.29 is 9.50 Å². The lowest BCUT2D eigenvalue weighted by Gasteiger charge is -2.33. The van der Waals surface area contributed by atoms with E-state index in [1.54, 1.807) is 6.07 Å². The van der Waals surface area contributed by atoms with Gasteiger partial charge in [0.05, 0.1) is 11.1 Å². The Balaban J connectivity index is 1.89. The normalized spacial score (nSPS) is 20.0. The van der Waals surface area contributed by atoms with Gasteiger partial charge in [0.2, 0.25) is 0 Å². The summed E-state index contributed by atoms with van der Waals surface area (Å²) >= 11 is 5.66. The highest BCUT2D eigenvalue weighted by molar-refractivity contribution is 6.30. The maximum Gasteiger partial charge on any atom is 0.142 e. The number of nitrogens with zero attached hydrogens (tertiary/aromatic N) is 1. The Hall–Kier alpha value is -0.640. The third-order valence-corrected chi connectivity index (χ3v) is 4.01. The first-order valence-corrected chi connectivity index (χ1v) is 6.78. The second-order valence-electron chi connectivity index (χ2n) is 5.10. The lowest BCUT2D eigenvalue weighted by molar-refractivity contribution is 0.0695. The topological polar surface area (TPSA) is 23.5 Å². The van der Waals surface area contributed by atoms with Crippen molar-refractivity contribution in [2.45, 2.75) is 32.4 Å². The fourth-order valence-corrected chi connectivity index (χ4v) is 2.61. The predicted molar refractivity (Wildman–Crippen MR) is 71.1 cm³/mol. The third kappa shape index (κ3) is 3.44. The summed E-state index contributed by atoms with van der Waals surface area (Å²) < 4.78 is 13.3. The molecule has 0 radical (unpaired) electrons. The number of hydrogen-bond donors (Lipinski definition) is 1. The Morgan fingerprint density at radius 2 is 2.11 bits per heavy atom. The van der Waals surface area contributed by atoms with Gasteiger partial charge < -0.3 is 5.11 Å². The first-order valence-electron chi connectivity index (χ1n) is 6.40. The van der Waals surface area contributed by atoms with Crippen LogP contribution in [0.15, 0.2) is 18.2 Å². The van der Waals surface area contributed by atoms with E-state index in [4.69, 9.17) is 11.6 Å². The summed E-state index contributed by atoms with van der Waals surface area (Å²) in [6.07, 6.45) is 1.79. The summed E-state index contributed by atoms with van der Waals surface area (Å²) in [5.74, 6) is 0.0521. The summed E-state index contributed by atoms with van der Waals surface area (Å²) in [6.45, 7) is 4.52. The van der Waals surface area contributed by atoms with Gasteiger partial charge in [-0.2, -0.15) is 0 Å². The fraction of sp³-hybridized carbons (Fsp3) is 0.571. The molecule has 0 bridgehead atoms. The van der Waals surface area contributed by atoms with Crippen LogP contribution in [0.1, 0.15) is 25.3 Å². The van der Waals surface area contributed by atoms with Crippen molar-refractivity contribution >= 4 is 11.6 Å². The number of piperidine rings is 1. The number of hydrogen-bond acceptors (Lipinski definition) is 2. The Kier molecular flexibility index (Phi) is 4.60. The molecule has 1 unspecified atom stereocenters. The summed E-state index contributed by atoms with van der Waals surface area (Å²) in [4.78, 5) is 2.29. The summed E-state index contributed by atoms with van der Waals surface area (Å²) in [6, 6.07) is 4.98. The molecule has 2 nitrogen and oxygen atoms in total. The molecule has 1 aromatic carbocycles. The average molecular weight is 272 g/mol. The van der Waals surface area contributed by atoms with E-state index in [0.29, 0.717) is 5.92 Å². The van der Waals surface area contributed by atoms with Gasteiger partial charge in [-0.3, -0.25) is 4.90 Å². The molecule has 1 N–H and O–H groups in total. The highest BCUT2D eigenvalue weighted by atomic mass is 35.5. The molecular formula is C14H19ClFNO. The molecule has 1 fully saturated rings. The SMILES string of the molecule is CC(O)C1CCN(Cc2ccc(Cl)c(F)c2)CC1. The lowest BCUT2D eigenvalue weighted by atomic mass is 9.92. The minimum absolute atomic E-state index is 0.173. The van der Waals surface area contributed by atoms with Gasteiger partial charge in [-0.25, -0.2) is 4.39 Å². The number of aliphatic hydroxyl groups is 1. The highest BCUT2D eigenvalue weighted by Crippen LogP contribution is 2.23. The molecule has 0 aromatic heterocycles. The van der Waals surface area contributed by atoms with E-state index in [-0.39, 0.29) is 16.9 Å². The van der Waals surface area contributed by atoms with Gasteiger partial charge >= 0.3 is 0 Å². The van der Waals surface area contributed by atoms with Crippen LogP contribution in [0.4, 0.5) is 4.39 Å². The van der Waals surface area contributed by atoms with Gasteiger partial charge in [-0.1, -0.05) is 17.7 Å². The van der Waals surface area contributed by atoms with Gasteiger partial charge in [0, 0.05) is 6.54 Å². The van der Waals surface area contributed by atoms with E-state index in [9.17, 15) is 9.50 Å². The van der Waals surface area contributed by atoms with Gasteiger partial charge in [0.1, 0.15) is 5.82 Å². The quantitative estimate of drug-likeness (QED) is 0.913. The third-order valence-electron chi connectivity index (χ3n) is 3.70. The molecule has 1 aliphatic heterocycles. The minimum atomic E-state index is -0.354. The van der Waals surface area contributed by atoms with Crippen molar-refractivity contribution in [2.24, 2.45) is 5.92 Å². The summed E-state index contributed by atoms with van der Waals surface area (Å²) in [5.41, 5.74) is 0.951. The van der Waals surface area contributed by atoms with Gasteiger partial charge in [0.25, 0.3) is 0 Å². The highest BCUT2D eigenvalue weighted by Gasteiger charge is 2.22. The number of benzene rings is 1. The van der Waals surface area contributed by atoms with Crippen LogP contribution in [-0.4, -0.2) is 29.2 Å². The molecule has 2 rings (SSSR count). The van der Waals surface area contributed by atoms with E-state index >= 15 is 0 Å². The molecule has 1 heterocycles. The maximum atomic E-state index is 13.3. The minimum Gasteiger partial charge on any atom is -0.393 e. The second-order valence-corrected chi connectivity index (χ2v) is 5.51. The van der Waals surface area contributed by atoms with Crippen LogP contribution >= 0.6 is 11.6 Å². The van der Waals surface area contributed by atoms with Crippen LogP contribution in [0, 0.1) is 11.7 Å². The zero-order chi connectivity index (χ0) is 13.1. The second kappa shape index (κ2) is 6.00. The van der Waals surface area contributed by atoms with Gasteiger partial charge in [-0.05, 0) is 56.5 Å². The molecule has 1 saturated heterocycles. The average Bonchev–Trinajstić information content (AvgIpc) is 2.34. The zero-order valence-corrected chi connectivity index (χ0v) is 11.3. The van der Waals surface area contributed by atoms with Crippen LogP contribution in [-0.2, 0) is 6.54 Å². The van der Waals surface area contributed by atoms with Crippen molar-refractivity contribution in [3.05, 3.63) is 34.6 Å². The van der Waals surface area contributed by atoms with Crippen LogP contribution in [0.3, 0.4) is 0 Å². The number of likely N-dealkylation sites (tertiary alicyclic amines) is 1. The number of aliphatic hydroxyl groups excluding tert-OH is 1. The summed E-state index contributed by atoms with van der Waals surface area (Å²) in [7, 11) is 0. The predicted octanol–water partition coefficient (Wildman–Crippen LogP) is 3.07. The van der Waals surface area contributed by atoms with E-state index in [2.05, 4.69) is 4.90 Å². The molecule has 1 aliphatic rings. The summed E-state index contributed by atoms with van der Waals surface area (Å²) in [5, 5.41) is 9.71. The Morgan fingerprint density at radius 1 is 1.44 bits per heavy atom. The first kappa shape index (κ1) is 13.8. The largest absolute Gasteiger partial charge is 0.393 e. The lowest BCUT2D eigenvalue weighted by Crippen LogP contribution is -2.36. The number of rotatable bonds is 3. The van der Waals surface area contributed by atoms with Gasteiger partial charge in [-0.15, -0.1) is 0 Å². The standard InChI is InChI=1S/C14H19ClFNO/c1-10(18)12-4-6-17(7-5-12)9-11-2-3-13(15)14(16)8-11/h2-3,8,10,12,18H,4-7,9H2,1H3. The maximum absolute atomic E-state index is 13.3. The molecule has 100 valence electrons. The van der Waals surface area contributed by atoms with Crippen molar-refractivity contribution in [3.8, 4) is 0 Å². The van der Waals surface area contributed by atoms with E-state index in [0.717, 1.165) is 38.0 Å². The molecular weight excluding hydrogens is 253 g/mol. The van der Waals surface area contributed by atoms with Crippen LogP contribution in [0.2, 0.25) is 5.02 Å². The first-order chi connectivity index (χ1) is 8.56. The van der Waals surface area contributed by atoms with Crippen LogP contribution < -0.4 is 0 Å². The van der Waals surface area contributed by atoms with Crippen molar-refractivity contribution in [1.29, 1.82) is 0 Å².